The molecule has 0 aromatic carbocycles. The smallest absolute Gasteiger partial charge is 0.336 e. The lowest BCUT2D eigenvalue weighted by Crippen LogP contribution is -2.31. The molecule has 20 heavy (non-hydrogen) atoms. The van der Waals surface area contributed by atoms with E-state index < -0.39 is 0 Å². The molecule has 2 heterocycles. The van der Waals surface area contributed by atoms with Crippen molar-refractivity contribution in [1.29, 1.82) is 0 Å². The van der Waals surface area contributed by atoms with Gasteiger partial charge in [0.2, 0.25) is 17.8 Å². The van der Waals surface area contributed by atoms with Gasteiger partial charge in [0.15, 0.2) is 0 Å². The molecule has 1 aromatic rings. The van der Waals surface area contributed by atoms with Crippen molar-refractivity contribution in [2.75, 3.05) is 25.5 Å². The fourth-order valence-corrected chi connectivity index (χ4v) is 2.18. The fraction of sp³-hybridized carbons (Fsp3) is 0.667. The van der Waals surface area contributed by atoms with Crippen LogP contribution in [0.15, 0.2) is 0 Å². The van der Waals surface area contributed by atoms with E-state index in [1.165, 1.54) is 7.11 Å². The minimum atomic E-state index is -0.350. The Morgan fingerprint density at radius 3 is 2.95 bits per heavy atom. The van der Waals surface area contributed by atoms with E-state index in [1.54, 1.807) is 4.90 Å². The zero-order chi connectivity index (χ0) is 14.7. The molecule has 1 unspecified atom stereocenters. The molecule has 0 spiro atoms. The van der Waals surface area contributed by atoms with Crippen LogP contribution in [0, 0.1) is 11.8 Å². The molecule has 1 saturated heterocycles. The van der Waals surface area contributed by atoms with Crippen molar-refractivity contribution in [3.8, 4) is 6.01 Å². The first-order chi connectivity index (χ1) is 9.49. The van der Waals surface area contributed by atoms with Gasteiger partial charge >= 0.3 is 6.01 Å². The first kappa shape index (κ1) is 14.3. The Morgan fingerprint density at radius 1 is 1.60 bits per heavy atom. The summed E-state index contributed by atoms with van der Waals surface area (Å²) in [6.07, 6.45) is 0.240. The highest BCUT2D eigenvalue weighted by Gasteiger charge is 2.34. The molecule has 2 N–H and O–H groups in total. The van der Waals surface area contributed by atoms with Gasteiger partial charge in [0, 0.05) is 19.5 Å². The molecule has 1 aliphatic rings. The first-order valence-electron chi connectivity index (χ1n) is 6.54. The fourth-order valence-electron chi connectivity index (χ4n) is 2.18. The summed E-state index contributed by atoms with van der Waals surface area (Å²) in [6.45, 7) is 5.22. The molecule has 8 heteroatoms. The molecule has 0 saturated carbocycles. The van der Waals surface area contributed by atoms with Crippen molar-refractivity contribution in [3.63, 3.8) is 0 Å². The van der Waals surface area contributed by atoms with Gasteiger partial charge in [-0.3, -0.25) is 14.9 Å². The standard InChI is InChI=1S/C12H19N5O3/c1-7(2)5-17-6-8(4-9(17)18)10(19)13-11-14-12(20-3)16-15-11/h7-8H,4-6H2,1-3H3,(H2,13,14,15,16,19). The molecule has 1 aromatic heterocycles. The van der Waals surface area contributed by atoms with Crippen molar-refractivity contribution in [1.82, 2.24) is 20.1 Å². The minimum Gasteiger partial charge on any atom is -0.466 e. The lowest BCUT2D eigenvalue weighted by molar-refractivity contribution is -0.128. The molecule has 1 atom stereocenters. The Labute approximate surface area is 116 Å². The highest BCUT2D eigenvalue weighted by molar-refractivity contribution is 5.96. The van der Waals surface area contributed by atoms with Gasteiger partial charge in [-0.15, -0.1) is 5.10 Å². The number of anilines is 1. The normalized spacial score (nSPS) is 18.7. The zero-order valence-corrected chi connectivity index (χ0v) is 11.8. The van der Waals surface area contributed by atoms with Crippen LogP contribution in [0.3, 0.4) is 0 Å². The van der Waals surface area contributed by atoms with Gasteiger partial charge in [-0.25, -0.2) is 5.10 Å². The predicted octanol–water partition coefficient (Wildman–Crippen LogP) is 0.256. The maximum Gasteiger partial charge on any atom is 0.336 e. The summed E-state index contributed by atoms with van der Waals surface area (Å²) in [4.78, 5) is 29.5. The second-order valence-corrected chi connectivity index (χ2v) is 5.25. The summed E-state index contributed by atoms with van der Waals surface area (Å²) in [6, 6.07) is 0.157. The molecular weight excluding hydrogens is 262 g/mol. The summed E-state index contributed by atoms with van der Waals surface area (Å²) >= 11 is 0. The van der Waals surface area contributed by atoms with Crippen LogP contribution in [0.1, 0.15) is 20.3 Å². The second-order valence-electron chi connectivity index (χ2n) is 5.25. The number of hydrogen-bond donors (Lipinski definition) is 2. The van der Waals surface area contributed by atoms with Gasteiger partial charge in [-0.2, -0.15) is 4.98 Å². The van der Waals surface area contributed by atoms with Crippen LogP contribution in [0.5, 0.6) is 6.01 Å². The Bertz CT molecular complexity index is 499. The molecule has 1 fully saturated rings. The number of rotatable bonds is 5. The molecule has 1 aliphatic heterocycles. The van der Waals surface area contributed by atoms with E-state index in [1.807, 2.05) is 13.8 Å². The summed E-state index contributed by atoms with van der Waals surface area (Å²) in [7, 11) is 1.44. The van der Waals surface area contributed by atoms with Gasteiger partial charge in [-0.1, -0.05) is 13.8 Å². The van der Waals surface area contributed by atoms with Gasteiger partial charge in [0.05, 0.1) is 13.0 Å². The van der Waals surface area contributed by atoms with Gasteiger partial charge in [-0.05, 0) is 5.92 Å². The van der Waals surface area contributed by atoms with Crippen molar-refractivity contribution in [2.45, 2.75) is 20.3 Å². The Kier molecular flexibility index (Phi) is 4.21. The van der Waals surface area contributed by atoms with Crippen LogP contribution in [0.25, 0.3) is 0 Å². The molecule has 0 bridgehead atoms. The summed E-state index contributed by atoms with van der Waals surface area (Å²) < 4.78 is 4.81. The van der Waals surface area contributed by atoms with Crippen LogP contribution in [0.2, 0.25) is 0 Å². The Hall–Kier alpha value is -2.12. The third-order valence-corrected chi connectivity index (χ3v) is 3.06. The van der Waals surface area contributed by atoms with Crippen LogP contribution < -0.4 is 10.1 Å². The Morgan fingerprint density at radius 2 is 2.35 bits per heavy atom. The van der Waals surface area contributed by atoms with Crippen LogP contribution >= 0.6 is 0 Å². The molecule has 2 rings (SSSR count). The van der Waals surface area contributed by atoms with Crippen molar-refractivity contribution in [3.05, 3.63) is 0 Å². The Balaban J connectivity index is 1.92. The summed E-state index contributed by atoms with van der Waals surface area (Å²) in [5.41, 5.74) is 0. The number of amides is 2. The largest absolute Gasteiger partial charge is 0.466 e. The van der Waals surface area contributed by atoms with E-state index in [9.17, 15) is 9.59 Å². The molecule has 8 nitrogen and oxygen atoms in total. The summed E-state index contributed by atoms with van der Waals surface area (Å²) in [5, 5.41) is 8.89. The number of nitrogens with zero attached hydrogens (tertiary/aromatic N) is 3. The molecular formula is C12H19N5O3. The maximum atomic E-state index is 12.1. The third-order valence-electron chi connectivity index (χ3n) is 3.06. The van der Waals surface area contributed by atoms with Crippen LogP contribution in [-0.2, 0) is 9.59 Å². The number of aromatic nitrogens is 3. The van der Waals surface area contributed by atoms with E-state index in [-0.39, 0.29) is 36.1 Å². The lowest BCUT2D eigenvalue weighted by atomic mass is 10.1. The molecule has 0 aliphatic carbocycles. The average molecular weight is 281 g/mol. The van der Waals surface area contributed by atoms with E-state index in [0.717, 1.165) is 0 Å². The average Bonchev–Trinajstić information content (AvgIpc) is 2.96. The number of carbonyl (C=O) groups excluding carboxylic acids is 2. The van der Waals surface area contributed by atoms with Crippen molar-refractivity contribution >= 4 is 17.8 Å². The predicted molar refractivity (Wildman–Crippen MR) is 71.1 cm³/mol. The molecule has 2 amide bonds. The number of H-pyrrole nitrogens is 1. The van der Waals surface area contributed by atoms with E-state index in [0.29, 0.717) is 19.0 Å². The number of likely N-dealkylation sites (tertiary alicyclic amines) is 1. The summed E-state index contributed by atoms with van der Waals surface area (Å²) in [5.74, 6) is 0.0515. The number of hydrogen-bond acceptors (Lipinski definition) is 5. The van der Waals surface area contributed by atoms with Gasteiger partial charge < -0.3 is 9.64 Å². The van der Waals surface area contributed by atoms with Gasteiger partial charge in [0.25, 0.3) is 0 Å². The number of nitrogens with one attached hydrogen (secondary N) is 2. The number of aromatic amines is 1. The SMILES string of the molecule is COc1n[nH]c(NC(=O)C2CC(=O)N(CC(C)C)C2)n1. The first-order valence-corrected chi connectivity index (χ1v) is 6.54. The maximum absolute atomic E-state index is 12.1. The number of methoxy groups -OCH3 is 1. The highest BCUT2D eigenvalue weighted by Crippen LogP contribution is 2.20. The van der Waals surface area contributed by atoms with Crippen LogP contribution in [-0.4, -0.2) is 52.1 Å². The van der Waals surface area contributed by atoms with E-state index in [4.69, 9.17) is 4.74 Å². The molecule has 0 radical (unpaired) electrons. The van der Waals surface area contributed by atoms with Crippen molar-refractivity contribution in [2.24, 2.45) is 11.8 Å². The third kappa shape index (κ3) is 3.25. The van der Waals surface area contributed by atoms with E-state index >= 15 is 0 Å². The molecule has 110 valence electrons. The zero-order valence-electron chi connectivity index (χ0n) is 11.8. The van der Waals surface area contributed by atoms with E-state index in [2.05, 4.69) is 20.5 Å². The number of carbonyl (C=O) groups is 2. The quantitative estimate of drug-likeness (QED) is 0.806. The lowest BCUT2D eigenvalue weighted by Gasteiger charge is -2.18. The van der Waals surface area contributed by atoms with Crippen molar-refractivity contribution < 1.29 is 14.3 Å². The highest BCUT2D eigenvalue weighted by atomic mass is 16.5. The monoisotopic (exact) mass is 281 g/mol. The number of ether oxygens (including phenoxy) is 1. The van der Waals surface area contributed by atoms with Crippen LogP contribution in [0.4, 0.5) is 5.95 Å². The minimum absolute atomic E-state index is 0.0222. The van der Waals surface area contributed by atoms with Gasteiger partial charge in [0.1, 0.15) is 0 Å². The second kappa shape index (κ2) is 5.89. The topological polar surface area (TPSA) is 100 Å².